The number of aryl methyl sites for hydroxylation is 1. The SMILES string of the molecule is Cc1nc(NC(=O)c2ccc(S(C)(=O)=O)cc2N)nc(-c2ccccn2)n1. The first kappa shape index (κ1) is 18.4. The van der Waals surface area contributed by atoms with Crippen LogP contribution in [0.3, 0.4) is 0 Å². The highest BCUT2D eigenvalue weighted by molar-refractivity contribution is 7.90. The van der Waals surface area contributed by atoms with Gasteiger partial charge in [0.15, 0.2) is 15.7 Å². The second kappa shape index (κ2) is 7.08. The second-order valence-corrected chi connectivity index (χ2v) is 7.74. The largest absolute Gasteiger partial charge is 0.398 e. The molecule has 0 spiro atoms. The molecule has 0 aliphatic heterocycles. The highest BCUT2D eigenvalue weighted by Gasteiger charge is 2.16. The average Bonchev–Trinajstić information content (AvgIpc) is 2.61. The number of nitrogens with two attached hydrogens (primary N) is 1. The molecule has 3 N–H and O–H groups in total. The number of carbonyl (C=O) groups is 1. The Labute approximate surface area is 155 Å². The molecule has 9 nitrogen and oxygen atoms in total. The van der Waals surface area contributed by atoms with E-state index in [9.17, 15) is 13.2 Å². The van der Waals surface area contributed by atoms with E-state index < -0.39 is 15.7 Å². The Bertz CT molecular complexity index is 1120. The van der Waals surface area contributed by atoms with Crippen LogP contribution in [0.25, 0.3) is 11.5 Å². The zero-order valence-electron chi connectivity index (χ0n) is 14.5. The lowest BCUT2D eigenvalue weighted by Crippen LogP contribution is -2.17. The Morgan fingerprint density at radius 2 is 1.89 bits per heavy atom. The number of nitrogen functional groups attached to an aromatic ring is 1. The van der Waals surface area contributed by atoms with Crippen molar-refractivity contribution in [3.8, 4) is 11.5 Å². The minimum atomic E-state index is -3.42. The first-order valence-electron chi connectivity index (χ1n) is 7.79. The lowest BCUT2D eigenvalue weighted by atomic mass is 10.1. The van der Waals surface area contributed by atoms with Crippen LogP contribution in [0.15, 0.2) is 47.5 Å². The van der Waals surface area contributed by atoms with E-state index in [0.717, 1.165) is 6.26 Å². The van der Waals surface area contributed by atoms with Crippen molar-refractivity contribution in [3.63, 3.8) is 0 Å². The van der Waals surface area contributed by atoms with Gasteiger partial charge in [-0.3, -0.25) is 15.1 Å². The van der Waals surface area contributed by atoms with Crippen LogP contribution < -0.4 is 11.1 Å². The maximum atomic E-state index is 12.5. The normalized spacial score (nSPS) is 11.2. The fourth-order valence-corrected chi connectivity index (χ4v) is 2.95. The molecule has 0 fully saturated rings. The number of hydrogen-bond acceptors (Lipinski definition) is 8. The number of carbonyl (C=O) groups excluding carboxylic acids is 1. The fourth-order valence-electron chi connectivity index (χ4n) is 2.29. The molecule has 0 saturated carbocycles. The Morgan fingerprint density at radius 1 is 1.11 bits per heavy atom. The Kier molecular flexibility index (Phi) is 4.82. The molecule has 2 aromatic heterocycles. The minimum Gasteiger partial charge on any atom is -0.398 e. The van der Waals surface area contributed by atoms with Crippen molar-refractivity contribution >= 4 is 27.4 Å². The number of aromatic nitrogens is 4. The van der Waals surface area contributed by atoms with Gasteiger partial charge in [-0.25, -0.2) is 13.4 Å². The summed E-state index contributed by atoms with van der Waals surface area (Å²) < 4.78 is 23.2. The molecule has 0 saturated heterocycles. The monoisotopic (exact) mass is 384 g/mol. The number of rotatable bonds is 4. The number of sulfone groups is 1. The van der Waals surface area contributed by atoms with Crippen LogP contribution in [0, 0.1) is 6.92 Å². The van der Waals surface area contributed by atoms with Crippen molar-refractivity contribution in [2.24, 2.45) is 0 Å². The molecule has 1 aromatic carbocycles. The predicted octanol–water partition coefficient (Wildman–Crippen LogP) is 1.48. The topological polar surface area (TPSA) is 141 Å². The third-order valence-corrected chi connectivity index (χ3v) is 4.67. The molecule has 3 rings (SSSR count). The Balaban J connectivity index is 1.90. The smallest absolute Gasteiger partial charge is 0.260 e. The Hall–Kier alpha value is -3.40. The molecule has 0 bridgehead atoms. The highest BCUT2D eigenvalue weighted by Crippen LogP contribution is 2.19. The summed E-state index contributed by atoms with van der Waals surface area (Å²) in [5.41, 5.74) is 6.52. The molecule has 0 aliphatic carbocycles. The van der Waals surface area contributed by atoms with E-state index in [1.165, 1.54) is 18.2 Å². The number of amides is 1. The molecular formula is C17H16N6O3S. The summed E-state index contributed by atoms with van der Waals surface area (Å²) in [5, 5.41) is 2.55. The first-order valence-corrected chi connectivity index (χ1v) is 9.68. The second-order valence-electron chi connectivity index (χ2n) is 5.72. The van der Waals surface area contributed by atoms with Gasteiger partial charge in [0.05, 0.1) is 10.5 Å². The highest BCUT2D eigenvalue weighted by atomic mass is 32.2. The average molecular weight is 384 g/mol. The summed E-state index contributed by atoms with van der Waals surface area (Å²) in [6.07, 6.45) is 2.67. The van der Waals surface area contributed by atoms with Crippen molar-refractivity contribution in [1.82, 2.24) is 19.9 Å². The van der Waals surface area contributed by atoms with Gasteiger partial charge in [-0.15, -0.1) is 0 Å². The van der Waals surface area contributed by atoms with Gasteiger partial charge in [0, 0.05) is 18.1 Å². The number of benzene rings is 1. The molecule has 2 heterocycles. The zero-order valence-corrected chi connectivity index (χ0v) is 15.4. The summed E-state index contributed by atoms with van der Waals surface area (Å²) in [6.45, 7) is 1.67. The zero-order chi connectivity index (χ0) is 19.6. The third kappa shape index (κ3) is 4.23. The van der Waals surface area contributed by atoms with Gasteiger partial charge in [0.2, 0.25) is 5.95 Å². The van der Waals surface area contributed by atoms with Crippen LogP contribution in [0.5, 0.6) is 0 Å². The van der Waals surface area contributed by atoms with Crippen LogP contribution in [0.4, 0.5) is 11.6 Å². The van der Waals surface area contributed by atoms with Crippen molar-refractivity contribution in [1.29, 1.82) is 0 Å². The molecule has 138 valence electrons. The van der Waals surface area contributed by atoms with Gasteiger partial charge < -0.3 is 5.73 Å². The van der Waals surface area contributed by atoms with Gasteiger partial charge >= 0.3 is 0 Å². The number of hydrogen-bond donors (Lipinski definition) is 2. The van der Waals surface area contributed by atoms with E-state index in [2.05, 4.69) is 25.3 Å². The van der Waals surface area contributed by atoms with Gasteiger partial charge in [-0.2, -0.15) is 9.97 Å². The standard InChI is InChI=1S/C17H16N6O3S/c1-10-20-15(14-5-3-4-8-19-14)22-17(21-10)23-16(24)12-7-6-11(9-13(12)18)27(2,25)26/h3-9H,18H2,1-2H3,(H,20,21,22,23,24). The van der Waals surface area contributed by atoms with E-state index in [1.54, 1.807) is 31.3 Å². The molecule has 0 unspecified atom stereocenters. The van der Waals surface area contributed by atoms with Gasteiger partial charge in [0.25, 0.3) is 5.91 Å². The number of anilines is 2. The number of nitrogens with one attached hydrogen (secondary N) is 1. The fraction of sp³-hybridized carbons (Fsp3) is 0.118. The molecule has 10 heteroatoms. The maximum absolute atomic E-state index is 12.5. The van der Waals surface area contributed by atoms with Crippen LogP contribution in [0.2, 0.25) is 0 Å². The van der Waals surface area contributed by atoms with E-state index >= 15 is 0 Å². The third-order valence-electron chi connectivity index (χ3n) is 3.56. The molecule has 0 radical (unpaired) electrons. The van der Waals surface area contributed by atoms with E-state index in [4.69, 9.17) is 5.73 Å². The lowest BCUT2D eigenvalue weighted by Gasteiger charge is -2.09. The minimum absolute atomic E-state index is 0.0324. The molecule has 0 aliphatic rings. The van der Waals surface area contributed by atoms with Crippen LogP contribution in [0.1, 0.15) is 16.2 Å². The summed E-state index contributed by atoms with van der Waals surface area (Å²) in [5.74, 6) is 0.199. The van der Waals surface area contributed by atoms with Crippen LogP contribution >= 0.6 is 0 Å². The quantitative estimate of drug-likeness (QED) is 0.644. The molecule has 0 atom stereocenters. The van der Waals surface area contributed by atoms with E-state index in [-0.39, 0.29) is 22.1 Å². The van der Waals surface area contributed by atoms with E-state index in [1.807, 2.05) is 0 Å². The number of pyridine rings is 1. The van der Waals surface area contributed by atoms with Crippen LogP contribution in [-0.4, -0.2) is 40.5 Å². The molecule has 3 aromatic rings. The van der Waals surface area contributed by atoms with E-state index in [0.29, 0.717) is 17.3 Å². The van der Waals surface area contributed by atoms with Gasteiger partial charge in [-0.05, 0) is 37.3 Å². The maximum Gasteiger partial charge on any atom is 0.260 e. The summed E-state index contributed by atoms with van der Waals surface area (Å²) >= 11 is 0. The van der Waals surface area contributed by atoms with Gasteiger partial charge in [0.1, 0.15) is 11.5 Å². The van der Waals surface area contributed by atoms with Gasteiger partial charge in [-0.1, -0.05) is 6.07 Å². The molecule has 27 heavy (non-hydrogen) atoms. The summed E-state index contributed by atoms with van der Waals surface area (Å²) in [4.78, 5) is 29.2. The molecule has 1 amide bonds. The van der Waals surface area contributed by atoms with Crippen molar-refractivity contribution in [2.75, 3.05) is 17.3 Å². The van der Waals surface area contributed by atoms with Crippen molar-refractivity contribution in [3.05, 3.63) is 54.0 Å². The summed E-state index contributed by atoms with van der Waals surface area (Å²) in [6, 6.07) is 9.20. The lowest BCUT2D eigenvalue weighted by molar-refractivity contribution is 0.102. The molecular weight excluding hydrogens is 368 g/mol. The van der Waals surface area contributed by atoms with Crippen LogP contribution in [-0.2, 0) is 9.84 Å². The van der Waals surface area contributed by atoms with Crippen molar-refractivity contribution < 1.29 is 13.2 Å². The first-order chi connectivity index (χ1) is 12.7. The Morgan fingerprint density at radius 3 is 2.52 bits per heavy atom. The number of nitrogens with zero attached hydrogens (tertiary/aromatic N) is 4. The van der Waals surface area contributed by atoms with Crippen molar-refractivity contribution in [2.45, 2.75) is 11.8 Å². The predicted molar refractivity (Wildman–Crippen MR) is 99.7 cm³/mol. The summed E-state index contributed by atoms with van der Waals surface area (Å²) in [7, 11) is -3.42.